The van der Waals surface area contributed by atoms with Crippen molar-refractivity contribution in [1.29, 1.82) is 0 Å². The van der Waals surface area contributed by atoms with Crippen molar-refractivity contribution in [2.24, 2.45) is 0 Å². The van der Waals surface area contributed by atoms with Crippen LogP contribution in [0, 0.1) is 0 Å². The number of likely N-dealkylation sites (tertiary alicyclic amines) is 1. The van der Waals surface area contributed by atoms with Crippen LogP contribution >= 0.6 is 0 Å². The molecular weight excluding hydrogens is 348 g/mol. The van der Waals surface area contributed by atoms with E-state index in [0.29, 0.717) is 12.6 Å². The van der Waals surface area contributed by atoms with E-state index in [9.17, 15) is 4.79 Å². The van der Waals surface area contributed by atoms with Crippen molar-refractivity contribution in [1.82, 2.24) is 14.8 Å². The van der Waals surface area contributed by atoms with Gasteiger partial charge in [-0.05, 0) is 62.1 Å². The van der Waals surface area contributed by atoms with Gasteiger partial charge in [-0.2, -0.15) is 0 Å². The number of carbonyl (C=O) groups excluding carboxylic acids is 1. The number of aromatic nitrogens is 1. The third-order valence-corrected chi connectivity index (χ3v) is 5.54. The Morgan fingerprint density at radius 2 is 2.11 bits per heavy atom. The molecule has 3 rings (SSSR count). The molecule has 0 unspecified atom stereocenters. The molecule has 0 spiro atoms. The predicted molar refractivity (Wildman–Crippen MR) is 114 cm³/mol. The number of nitrogens with zero attached hydrogens (tertiary/aromatic N) is 3. The van der Waals surface area contributed by atoms with Gasteiger partial charge in [-0.3, -0.25) is 9.88 Å². The minimum atomic E-state index is -0.121. The first-order valence-corrected chi connectivity index (χ1v) is 10.3. The van der Waals surface area contributed by atoms with Gasteiger partial charge in [-0.15, -0.1) is 0 Å². The monoisotopic (exact) mass is 380 g/mol. The molecule has 1 N–H and O–H groups in total. The topological polar surface area (TPSA) is 48.5 Å². The molecule has 1 aromatic heterocycles. The molecule has 1 aliphatic rings. The van der Waals surface area contributed by atoms with Crippen molar-refractivity contribution in [3.8, 4) is 0 Å². The van der Waals surface area contributed by atoms with Crippen molar-refractivity contribution in [2.45, 2.75) is 58.7 Å². The van der Waals surface area contributed by atoms with Gasteiger partial charge in [-0.25, -0.2) is 4.79 Å². The zero-order chi connectivity index (χ0) is 19.9. The fourth-order valence-electron chi connectivity index (χ4n) is 3.67. The Kier molecular flexibility index (Phi) is 7.04. The van der Waals surface area contributed by atoms with Gasteiger partial charge in [0.2, 0.25) is 0 Å². The average Bonchev–Trinajstić information content (AvgIpc) is 2.70. The largest absolute Gasteiger partial charge is 0.322 e. The van der Waals surface area contributed by atoms with Gasteiger partial charge in [0.05, 0.1) is 12.2 Å². The van der Waals surface area contributed by atoms with Crippen LogP contribution in [0.25, 0.3) is 0 Å². The lowest BCUT2D eigenvalue weighted by molar-refractivity contribution is 0.152. The fraction of sp³-hybridized carbons (Fsp3) is 0.478. The summed E-state index contributed by atoms with van der Waals surface area (Å²) in [6.07, 6.45) is 6.73. The zero-order valence-electron chi connectivity index (χ0n) is 17.3. The lowest BCUT2D eigenvalue weighted by Crippen LogP contribution is -2.36. The number of piperidine rings is 1. The average molecular weight is 381 g/mol. The Bertz CT molecular complexity index is 774. The molecule has 0 bridgehead atoms. The van der Waals surface area contributed by atoms with Crippen LogP contribution in [0.4, 0.5) is 10.5 Å². The molecule has 28 heavy (non-hydrogen) atoms. The molecule has 1 fully saturated rings. The van der Waals surface area contributed by atoms with Gasteiger partial charge in [-0.1, -0.05) is 31.5 Å². The summed E-state index contributed by atoms with van der Waals surface area (Å²) in [5.41, 5.74) is 4.18. The van der Waals surface area contributed by atoms with E-state index in [4.69, 9.17) is 0 Å². The summed E-state index contributed by atoms with van der Waals surface area (Å²) < 4.78 is 0. The fourth-order valence-corrected chi connectivity index (χ4v) is 3.67. The molecule has 2 aromatic rings. The highest BCUT2D eigenvalue weighted by Crippen LogP contribution is 2.20. The number of nitrogens with one attached hydrogen (secondary N) is 1. The van der Waals surface area contributed by atoms with E-state index in [0.717, 1.165) is 30.9 Å². The van der Waals surface area contributed by atoms with E-state index in [2.05, 4.69) is 47.2 Å². The summed E-state index contributed by atoms with van der Waals surface area (Å²) in [4.78, 5) is 21.2. The predicted octanol–water partition coefficient (Wildman–Crippen LogP) is 4.68. The van der Waals surface area contributed by atoms with Gasteiger partial charge in [0.1, 0.15) is 0 Å². The molecular formula is C23H32N4O. The van der Waals surface area contributed by atoms with Crippen LogP contribution < -0.4 is 5.32 Å². The van der Waals surface area contributed by atoms with Crippen LogP contribution in [-0.4, -0.2) is 40.4 Å². The van der Waals surface area contributed by atoms with Crippen LogP contribution in [0.3, 0.4) is 0 Å². The van der Waals surface area contributed by atoms with Crippen LogP contribution in [0.5, 0.6) is 0 Å². The van der Waals surface area contributed by atoms with Gasteiger partial charge < -0.3 is 10.2 Å². The Balaban J connectivity index is 1.56. The molecule has 5 nitrogen and oxygen atoms in total. The first-order chi connectivity index (χ1) is 13.5. The Morgan fingerprint density at radius 1 is 1.25 bits per heavy atom. The van der Waals surface area contributed by atoms with Crippen LogP contribution in [-0.2, 0) is 19.5 Å². The van der Waals surface area contributed by atoms with Crippen LogP contribution in [0.1, 0.15) is 49.9 Å². The van der Waals surface area contributed by atoms with E-state index < -0.39 is 0 Å². The standard InChI is InChI=1S/C23H32N4O/c1-4-19-11-12-22(24-15-19)17-26(3)23(28)25-21-10-7-9-20(14-21)16-27-13-6-5-8-18(27)2/h7,9-12,14-15,18H,4-6,8,13,16-17H2,1-3H3,(H,25,28)/t18-/m1/s1. The van der Waals surface area contributed by atoms with Gasteiger partial charge >= 0.3 is 6.03 Å². The maximum absolute atomic E-state index is 12.6. The Labute approximate surface area is 168 Å². The number of amides is 2. The number of hydrogen-bond acceptors (Lipinski definition) is 3. The smallest absolute Gasteiger partial charge is 0.321 e. The van der Waals surface area contributed by atoms with E-state index in [1.54, 1.807) is 11.9 Å². The molecule has 2 amide bonds. The van der Waals surface area contributed by atoms with E-state index in [-0.39, 0.29) is 6.03 Å². The summed E-state index contributed by atoms with van der Waals surface area (Å²) in [5, 5.41) is 3.01. The lowest BCUT2D eigenvalue weighted by atomic mass is 10.0. The highest BCUT2D eigenvalue weighted by atomic mass is 16.2. The normalized spacial score (nSPS) is 17.3. The van der Waals surface area contributed by atoms with Crippen molar-refractivity contribution >= 4 is 11.7 Å². The van der Waals surface area contributed by atoms with Gasteiger partial charge in [0.15, 0.2) is 0 Å². The minimum Gasteiger partial charge on any atom is -0.322 e. The highest BCUT2D eigenvalue weighted by molar-refractivity contribution is 5.89. The molecule has 0 radical (unpaired) electrons. The highest BCUT2D eigenvalue weighted by Gasteiger charge is 2.18. The van der Waals surface area contributed by atoms with Crippen LogP contribution in [0.15, 0.2) is 42.6 Å². The van der Waals surface area contributed by atoms with Crippen LogP contribution in [0.2, 0.25) is 0 Å². The number of carbonyl (C=O) groups is 1. The van der Waals surface area contributed by atoms with Crippen molar-refractivity contribution < 1.29 is 4.79 Å². The third-order valence-electron chi connectivity index (χ3n) is 5.54. The quantitative estimate of drug-likeness (QED) is 0.791. The molecule has 0 aliphatic carbocycles. The van der Waals surface area contributed by atoms with E-state index >= 15 is 0 Å². The molecule has 1 atom stereocenters. The second-order valence-electron chi connectivity index (χ2n) is 7.81. The maximum atomic E-state index is 12.6. The number of pyridine rings is 1. The molecule has 150 valence electrons. The first-order valence-electron chi connectivity index (χ1n) is 10.3. The lowest BCUT2D eigenvalue weighted by Gasteiger charge is -2.33. The maximum Gasteiger partial charge on any atom is 0.321 e. The summed E-state index contributed by atoms with van der Waals surface area (Å²) in [7, 11) is 1.80. The zero-order valence-corrected chi connectivity index (χ0v) is 17.3. The van der Waals surface area contributed by atoms with Crippen molar-refractivity contribution in [3.63, 3.8) is 0 Å². The van der Waals surface area contributed by atoms with E-state index in [1.807, 2.05) is 24.4 Å². The van der Waals surface area contributed by atoms with E-state index in [1.165, 1.54) is 30.4 Å². The number of rotatable bonds is 6. The molecule has 2 heterocycles. The number of hydrogen-bond donors (Lipinski definition) is 1. The Morgan fingerprint density at radius 3 is 2.82 bits per heavy atom. The number of aryl methyl sites for hydroxylation is 1. The van der Waals surface area contributed by atoms with Gasteiger partial charge in [0, 0.05) is 31.5 Å². The first kappa shape index (κ1) is 20.3. The van der Waals surface area contributed by atoms with Gasteiger partial charge in [0.25, 0.3) is 0 Å². The second-order valence-corrected chi connectivity index (χ2v) is 7.81. The van der Waals surface area contributed by atoms with Crippen molar-refractivity contribution in [3.05, 3.63) is 59.4 Å². The molecule has 5 heteroatoms. The van der Waals surface area contributed by atoms with Crippen molar-refractivity contribution in [2.75, 3.05) is 18.9 Å². The SMILES string of the molecule is CCc1ccc(CN(C)C(=O)Nc2cccc(CN3CCCC[C@H]3C)c2)nc1. The molecule has 1 aromatic carbocycles. The summed E-state index contributed by atoms with van der Waals surface area (Å²) in [6.45, 7) is 7.00. The molecule has 1 saturated heterocycles. The molecule has 1 aliphatic heterocycles. The number of anilines is 1. The number of benzene rings is 1. The molecule has 0 saturated carbocycles. The number of urea groups is 1. The minimum absolute atomic E-state index is 0.121. The third kappa shape index (κ3) is 5.55. The Hall–Kier alpha value is -2.40. The summed E-state index contributed by atoms with van der Waals surface area (Å²) in [5.74, 6) is 0. The summed E-state index contributed by atoms with van der Waals surface area (Å²) >= 11 is 0. The second kappa shape index (κ2) is 9.69. The summed E-state index contributed by atoms with van der Waals surface area (Å²) in [6, 6.07) is 12.8.